The lowest BCUT2D eigenvalue weighted by atomic mass is 9.94. The number of carbonyl (C=O) groups excluding carboxylic acids is 1. The number of amides is 1. The lowest BCUT2D eigenvalue weighted by Crippen LogP contribution is -2.36. The predicted octanol–water partition coefficient (Wildman–Crippen LogP) is 4.15. The molecule has 4 heteroatoms. The molecule has 0 aromatic heterocycles. The van der Waals surface area contributed by atoms with Gasteiger partial charge in [0.1, 0.15) is 5.75 Å². The number of halogens is 1. The molecular weight excluding hydrogens is 354 g/mol. The van der Waals surface area contributed by atoms with Gasteiger partial charge in [-0.25, -0.2) is 0 Å². The monoisotopic (exact) mass is 373 g/mol. The fraction of sp³-hybridized carbons (Fsp3) is 0.316. The number of likely N-dealkylation sites (N-methyl/N-ethyl adjacent to an activating group) is 1. The number of methoxy groups -OCH3 is 1. The number of carbonyl (C=O) groups is 1. The molecule has 2 aromatic rings. The zero-order valence-electron chi connectivity index (χ0n) is 13.4. The van der Waals surface area contributed by atoms with E-state index in [0.717, 1.165) is 34.2 Å². The molecule has 1 aliphatic carbocycles. The Balaban J connectivity index is 1.78. The molecule has 0 heterocycles. The first kappa shape index (κ1) is 16.1. The summed E-state index contributed by atoms with van der Waals surface area (Å²) < 4.78 is 6.42. The topological polar surface area (TPSA) is 29.5 Å². The molecule has 0 spiro atoms. The van der Waals surface area contributed by atoms with E-state index in [9.17, 15) is 4.79 Å². The molecule has 0 saturated heterocycles. The molecule has 23 heavy (non-hydrogen) atoms. The molecule has 120 valence electrons. The molecule has 1 aliphatic rings. The van der Waals surface area contributed by atoms with E-state index in [0.29, 0.717) is 6.54 Å². The molecule has 0 bridgehead atoms. The van der Waals surface area contributed by atoms with Gasteiger partial charge in [-0.1, -0.05) is 46.3 Å². The molecule has 0 atom stereocenters. The van der Waals surface area contributed by atoms with Gasteiger partial charge in [0.05, 0.1) is 12.5 Å². The van der Waals surface area contributed by atoms with Crippen LogP contribution < -0.4 is 4.74 Å². The van der Waals surface area contributed by atoms with E-state index in [-0.39, 0.29) is 11.3 Å². The third-order valence-corrected chi connectivity index (χ3v) is 5.03. The van der Waals surface area contributed by atoms with Gasteiger partial charge in [-0.2, -0.15) is 0 Å². The molecule has 0 aliphatic heterocycles. The third-order valence-electron chi connectivity index (χ3n) is 4.50. The Labute approximate surface area is 145 Å². The highest BCUT2D eigenvalue weighted by Gasteiger charge is 2.52. The summed E-state index contributed by atoms with van der Waals surface area (Å²) in [5, 5.41) is 0. The van der Waals surface area contributed by atoms with Crippen molar-refractivity contribution in [1.82, 2.24) is 4.90 Å². The highest BCUT2D eigenvalue weighted by Crippen LogP contribution is 2.49. The molecule has 0 radical (unpaired) electrons. The van der Waals surface area contributed by atoms with E-state index in [1.54, 1.807) is 7.11 Å². The van der Waals surface area contributed by atoms with Crippen molar-refractivity contribution in [1.29, 1.82) is 0 Å². The Kier molecular flexibility index (Phi) is 4.44. The van der Waals surface area contributed by atoms with Gasteiger partial charge < -0.3 is 9.64 Å². The Morgan fingerprint density at radius 1 is 1.17 bits per heavy atom. The van der Waals surface area contributed by atoms with E-state index >= 15 is 0 Å². The van der Waals surface area contributed by atoms with Crippen LogP contribution in [0.15, 0.2) is 53.0 Å². The molecule has 0 unspecified atom stereocenters. The Morgan fingerprint density at radius 2 is 1.83 bits per heavy atom. The van der Waals surface area contributed by atoms with Crippen LogP contribution in [0, 0.1) is 0 Å². The van der Waals surface area contributed by atoms with Gasteiger partial charge in [-0.15, -0.1) is 0 Å². The first-order chi connectivity index (χ1) is 11.1. The van der Waals surface area contributed by atoms with E-state index in [1.165, 1.54) is 0 Å². The van der Waals surface area contributed by atoms with Crippen LogP contribution in [0.1, 0.15) is 24.0 Å². The van der Waals surface area contributed by atoms with Crippen LogP contribution in [0.5, 0.6) is 5.75 Å². The van der Waals surface area contributed by atoms with Crippen molar-refractivity contribution in [2.24, 2.45) is 0 Å². The van der Waals surface area contributed by atoms with Crippen LogP contribution in [-0.2, 0) is 16.8 Å². The van der Waals surface area contributed by atoms with E-state index in [4.69, 9.17) is 4.74 Å². The summed E-state index contributed by atoms with van der Waals surface area (Å²) in [6, 6.07) is 15.9. The SMILES string of the molecule is COc1ccccc1CN(C)C(=O)C1(c2ccc(Br)cc2)CC1. The van der Waals surface area contributed by atoms with E-state index in [1.807, 2.05) is 60.5 Å². The molecule has 3 rings (SSSR count). The minimum Gasteiger partial charge on any atom is -0.496 e. The second-order valence-corrected chi connectivity index (χ2v) is 6.98. The zero-order chi connectivity index (χ0) is 16.4. The van der Waals surface area contributed by atoms with Gasteiger partial charge in [0.15, 0.2) is 0 Å². The highest BCUT2D eigenvalue weighted by molar-refractivity contribution is 9.10. The van der Waals surface area contributed by atoms with Crippen molar-refractivity contribution in [2.75, 3.05) is 14.2 Å². The first-order valence-corrected chi connectivity index (χ1v) is 8.49. The number of hydrogen-bond acceptors (Lipinski definition) is 2. The average Bonchev–Trinajstić information content (AvgIpc) is 3.37. The quantitative estimate of drug-likeness (QED) is 0.787. The maximum atomic E-state index is 13.0. The number of ether oxygens (including phenoxy) is 1. The number of rotatable bonds is 5. The van der Waals surface area contributed by atoms with Crippen molar-refractivity contribution in [3.63, 3.8) is 0 Å². The van der Waals surface area contributed by atoms with Crippen LogP contribution in [0.2, 0.25) is 0 Å². The molecule has 3 nitrogen and oxygen atoms in total. The molecule has 0 N–H and O–H groups in total. The molecule has 1 saturated carbocycles. The summed E-state index contributed by atoms with van der Waals surface area (Å²) in [4.78, 5) is 14.8. The van der Waals surface area contributed by atoms with Crippen LogP contribution in [0.25, 0.3) is 0 Å². The van der Waals surface area contributed by atoms with Crippen LogP contribution >= 0.6 is 15.9 Å². The zero-order valence-corrected chi connectivity index (χ0v) is 15.0. The minimum atomic E-state index is -0.336. The largest absolute Gasteiger partial charge is 0.496 e. The predicted molar refractivity (Wildman–Crippen MR) is 94.5 cm³/mol. The summed E-state index contributed by atoms with van der Waals surface area (Å²) in [6.07, 6.45) is 1.84. The number of nitrogens with zero attached hydrogens (tertiary/aromatic N) is 1. The maximum Gasteiger partial charge on any atom is 0.233 e. The summed E-state index contributed by atoms with van der Waals surface area (Å²) in [6.45, 7) is 0.557. The van der Waals surface area contributed by atoms with Gasteiger partial charge in [-0.3, -0.25) is 4.79 Å². The molecule has 1 amide bonds. The second-order valence-electron chi connectivity index (χ2n) is 6.06. The van der Waals surface area contributed by atoms with Gasteiger partial charge in [-0.05, 0) is 36.6 Å². The van der Waals surface area contributed by atoms with Crippen LogP contribution in [0.3, 0.4) is 0 Å². The summed E-state index contributed by atoms with van der Waals surface area (Å²) in [5.41, 5.74) is 1.80. The number of para-hydroxylation sites is 1. The first-order valence-electron chi connectivity index (χ1n) is 7.70. The van der Waals surface area contributed by atoms with Crippen molar-refractivity contribution in [2.45, 2.75) is 24.8 Å². The summed E-state index contributed by atoms with van der Waals surface area (Å²) >= 11 is 3.45. The number of hydrogen-bond donors (Lipinski definition) is 0. The second kappa shape index (κ2) is 6.36. The van der Waals surface area contributed by atoms with E-state index < -0.39 is 0 Å². The Morgan fingerprint density at radius 3 is 2.43 bits per heavy atom. The number of benzene rings is 2. The molecule has 1 fully saturated rings. The van der Waals surface area contributed by atoms with E-state index in [2.05, 4.69) is 15.9 Å². The van der Waals surface area contributed by atoms with Crippen molar-refractivity contribution in [3.8, 4) is 5.75 Å². The average molecular weight is 374 g/mol. The van der Waals surface area contributed by atoms with Crippen molar-refractivity contribution in [3.05, 3.63) is 64.1 Å². The fourth-order valence-electron chi connectivity index (χ4n) is 3.05. The fourth-order valence-corrected chi connectivity index (χ4v) is 3.31. The minimum absolute atomic E-state index is 0.186. The van der Waals surface area contributed by atoms with Gasteiger partial charge in [0.25, 0.3) is 0 Å². The standard InChI is InChI=1S/C19H20BrNO2/c1-21(13-14-5-3-4-6-17(14)23-2)18(22)19(11-12-19)15-7-9-16(20)10-8-15/h3-10H,11-13H2,1-2H3. The van der Waals surface area contributed by atoms with Crippen LogP contribution in [0.4, 0.5) is 0 Å². The van der Waals surface area contributed by atoms with Gasteiger partial charge >= 0.3 is 0 Å². The summed E-state index contributed by atoms with van der Waals surface area (Å²) in [5.74, 6) is 1.01. The summed E-state index contributed by atoms with van der Waals surface area (Å²) in [7, 11) is 3.53. The molecular formula is C19H20BrNO2. The lowest BCUT2D eigenvalue weighted by Gasteiger charge is -2.24. The lowest BCUT2D eigenvalue weighted by molar-refractivity contribution is -0.133. The van der Waals surface area contributed by atoms with Crippen molar-refractivity contribution < 1.29 is 9.53 Å². The van der Waals surface area contributed by atoms with Gasteiger partial charge in [0.2, 0.25) is 5.91 Å². The molecule has 2 aromatic carbocycles. The Hall–Kier alpha value is -1.81. The van der Waals surface area contributed by atoms with Crippen LogP contribution in [-0.4, -0.2) is 25.0 Å². The maximum absolute atomic E-state index is 13.0. The highest BCUT2D eigenvalue weighted by atomic mass is 79.9. The van der Waals surface area contributed by atoms with Crippen molar-refractivity contribution >= 4 is 21.8 Å². The van der Waals surface area contributed by atoms with Gasteiger partial charge in [0, 0.05) is 23.6 Å². The smallest absolute Gasteiger partial charge is 0.233 e. The normalized spacial score (nSPS) is 15.1. The Bertz CT molecular complexity index is 708. The third kappa shape index (κ3) is 3.13.